The molecule has 0 bridgehead atoms. The average molecular weight is 253 g/mol. The predicted molar refractivity (Wildman–Crippen MR) is 78.0 cm³/mol. The van der Waals surface area contributed by atoms with E-state index < -0.39 is 0 Å². The topological polar surface area (TPSA) is 18.5 Å². The third kappa shape index (κ3) is 4.52. The molecule has 0 spiro atoms. The summed E-state index contributed by atoms with van der Waals surface area (Å²) in [5.41, 5.74) is 0. The summed E-state index contributed by atoms with van der Waals surface area (Å²) in [6.45, 7) is 13.5. The van der Waals surface area contributed by atoms with Gasteiger partial charge in [0, 0.05) is 19.1 Å². The predicted octanol–water partition coefficient (Wildman–Crippen LogP) is 1.79. The van der Waals surface area contributed by atoms with Crippen molar-refractivity contribution in [3.8, 4) is 0 Å². The van der Waals surface area contributed by atoms with Gasteiger partial charge in [0.2, 0.25) is 0 Å². The first-order chi connectivity index (χ1) is 8.78. The van der Waals surface area contributed by atoms with Gasteiger partial charge < -0.3 is 15.1 Å². The van der Waals surface area contributed by atoms with Crippen LogP contribution in [0.25, 0.3) is 0 Å². The molecule has 18 heavy (non-hydrogen) atoms. The number of likely N-dealkylation sites (tertiary alicyclic amines) is 2. The third-order valence-electron chi connectivity index (χ3n) is 4.77. The number of nitrogens with zero attached hydrogens (tertiary/aromatic N) is 2. The normalized spacial score (nSPS) is 25.7. The van der Waals surface area contributed by atoms with Crippen LogP contribution in [-0.4, -0.2) is 61.7 Å². The Morgan fingerprint density at radius 2 is 1.56 bits per heavy atom. The van der Waals surface area contributed by atoms with Crippen LogP contribution < -0.4 is 5.32 Å². The highest BCUT2D eigenvalue weighted by molar-refractivity contribution is 4.77. The zero-order valence-corrected chi connectivity index (χ0v) is 12.3. The SMILES string of the molecule is CCN1CCC(NCCN2CCC(C)CC2)CC1. The van der Waals surface area contributed by atoms with Crippen LogP contribution in [0.2, 0.25) is 0 Å². The molecule has 0 unspecified atom stereocenters. The van der Waals surface area contributed by atoms with E-state index in [0.29, 0.717) is 0 Å². The lowest BCUT2D eigenvalue weighted by Gasteiger charge is -2.33. The van der Waals surface area contributed by atoms with E-state index in [2.05, 4.69) is 29.0 Å². The van der Waals surface area contributed by atoms with Gasteiger partial charge in [0.25, 0.3) is 0 Å². The molecule has 2 aliphatic rings. The Kier molecular flexibility index (Phi) is 5.93. The van der Waals surface area contributed by atoms with Crippen molar-refractivity contribution in [2.45, 2.75) is 45.6 Å². The second-order valence-corrected chi connectivity index (χ2v) is 6.19. The van der Waals surface area contributed by atoms with Gasteiger partial charge in [0.05, 0.1) is 0 Å². The number of piperidine rings is 2. The van der Waals surface area contributed by atoms with Crippen molar-refractivity contribution in [3.05, 3.63) is 0 Å². The number of rotatable bonds is 5. The molecule has 2 heterocycles. The quantitative estimate of drug-likeness (QED) is 0.806. The highest BCUT2D eigenvalue weighted by Gasteiger charge is 2.18. The molecule has 0 aliphatic carbocycles. The van der Waals surface area contributed by atoms with Crippen molar-refractivity contribution in [1.82, 2.24) is 15.1 Å². The minimum atomic E-state index is 0.775. The van der Waals surface area contributed by atoms with Gasteiger partial charge in [-0.3, -0.25) is 0 Å². The van der Waals surface area contributed by atoms with Crippen LogP contribution in [0.1, 0.15) is 39.5 Å². The lowest BCUT2D eigenvalue weighted by Crippen LogP contribution is -2.45. The minimum absolute atomic E-state index is 0.775. The summed E-state index contributed by atoms with van der Waals surface area (Å²) in [5.74, 6) is 0.951. The lowest BCUT2D eigenvalue weighted by molar-refractivity contribution is 0.178. The largest absolute Gasteiger partial charge is 0.313 e. The molecule has 0 atom stereocenters. The van der Waals surface area contributed by atoms with Crippen LogP contribution in [0.3, 0.4) is 0 Å². The molecule has 3 nitrogen and oxygen atoms in total. The maximum absolute atomic E-state index is 3.76. The Labute approximate surface area is 113 Å². The van der Waals surface area contributed by atoms with Crippen molar-refractivity contribution in [2.24, 2.45) is 5.92 Å². The van der Waals surface area contributed by atoms with Gasteiger partial charge in [-0.25, -0.2) is 0 Å². The van der Waals surface area contributed by atoms with Crippen LogP contribution >= 0.6 is 0 Å². The van der Waals surface area contributed by atoms with Crippen LogP contribution in [0.15, 0.2) is 0 Å². The maximum atomic E-state index is 3.76. The molecule has 2 rings (SSSR count). The van der Waals surface area contributed by atoms with Crippen molar-refractivity contribution < 1.29 is 0 Å². The van der Waals surface area contributed by atoms with Gasteiger partial charge in [-0.2, -0.15) is 0 Å². The van der Waals surface area contributed by atoms with Gasteiger partial charge in [-0.15, -0.1) is 0 Å². The third-order valence-corrected chi connectivity index (χ3v) is 4.77. The fourth-order valence-electron chi connectivity index (χ4n) is 3.17. The molecule has 1 N–H and O–H groups in total. The van der Waals surface area contributed by atoms with E-state index in [4.69, 9.17) is 0 Å². The van der Waals surface area contributed by atoms with Gasteiger partial charge >= 0.3 is 0 Å². The molecule has 2 fully saturated rings. The minimum Gasteiger partial charge on any atom is -0.313 e. The second kappa shape index (κ2) is 7.46. The molecular weight excluding hydrogens is 222 g/mol. The van der Waals surface area contributed by atoms with Crippen molar-refractivity contribution in [2.75, 3.05) is 45.8 Å². The first kappa shape index (κ1) is 14.3. The molecule has 2 saturated heterocycles. The molecule has 106 valence electrons. The van der Waals surface area contributed by atoms with E-state index in [1.165, 1.54) is 71.5 Å². The molecule has 0 aromatic carbocycles. The summed E-state index contributed by atoms with van der Waals surface area (Å²) in [6, 6.07) is 0.775. The fourth-order valence-corrected chi connectivity index (χ4v) is 3.17. The number of nitrogens with one attached hydrogen (secondary N) is 1. The summed E-state index contributed by atoms with van der Waals surface area (Å²) in [5, 5.41) is 3.76. The van der Waals surface area contributed by atoms with E-state index >= 15 is 0 Å². The number of hydrogen-bond acceptors (Lipinski definition) is 3. The van der Waals surface area contributed by atoms with E-state index in [1.807, 2.05) is 0 Å². The van der Waals surface area contributed by atoms with Crippen LogP contribution in [0, 0.1) is 5.92 Å². The molecule has 0 saturated carbocycles. The molecular formula is C15H31N3. The molecule has 0 aromatic rings. The molecule has 0 amide bonds. The van der Waals surface area contributed by atoms with Crippen LogP contribution in [0.5, 0.6) is 0 Å². The van der Waals surface area contributed by atoms with E-state index in [9.17, 15) is 0 Å². The second-order valence-electron chi connectivity index (χ2n) is 6.19. The number of hydrogen-bond donors (Lipinski definition) is 1. The van der Waals surface area contributed by atoms with E-state index in [-0.39, 0.29) is 0 Å². The van der Waals surface area contributed by atoms with Gasteiger partial charge in [0.1, 0.15) is 0 Å². The first-order valence-corrected chi connectivity index (χ1v) is 7.96. The Hall–Kier alpha value is -0.120. The highest BCUT2D eigenvalue weighted by Crippen LogP contribution is 2.15. The zero-order chi connectivity index (χ0) is 12.8. The smallest absolute Gasteiger partial charge is 0.0107 e. The summed E-state index contributed by atoms with van der Waals surface area (Å²) >= 11 is 0. The van der Waals surface area contributed by atoms with Gasteiger partial charge in [0.15, 0.2) is 0 Å². The summed E-state index contributed by atoms with van der Waals surface area (Å²) in [6.07, 6.45) is 5.47. The summed E-state index contributed by atoms with van der Waals surface area (Å²) in [4.78, 5) is 5.19. The van der Waals surface area contributed by atoms with Crippen molar-refractivity contribution in [3.63, 3.8) is 0 Å². The molecule has 0 aromatic heterocycles. The van der Waals surface area contributed by atoms with E-state index in [0.717, 1.165) is 12.0 Å². The Bertz CT molecular complexity index is 216. The van der Waals surface area contributed by atoms with Gasteiger partial charge in [-0.1, -0.05) is 13.8 Å². The summed E-state index contributed by atoms with van der Waals surface area (Å²) in [7, 11) is 0. The Morgan fingerprint density at radius 3 is 2.17 bits per heavy atom. The molecule has 0 radical (unpaired) electrons. The fraction of sp³-hybridized carbons (Fsp3) is 1.00. The zero-order valence-electron chi connectivity index (χ0n) is 12.3. The van der Waals surface area contributed by atoms with Crippen LogP contribution in [0.4, 0.5) is 0 Å². The van der Waals surface area contributed by atoms with Crippen molar-refractivity contribution in [1.29, 1.82) is 0 Å². The van der Waals surface area contributed by atoms with Crippen molar-refractivity contribution >= 4 is 0 Å². The first-order valence-electron chi connectivity index (χ1n) is 7.96. The lowest BCUT2D eigenvalue weighted by atomic mass is 9.99. The molecule has 2 aliphatic heterocycles. The summed E-state index contributed by atoms with van der Waals surface area (Å²) < 4.78 is 0. The Balaban J connectivity index is 1.53. The monoisotopic (exact) mass is 253 g/mol. The Morgan fingerprint density at radius 1 is 0.944 bits per heavy atom. The maximum Gasteiger partial charge on any atom is 0.0107 e. The average Bonchev–Trinajstić information content (AvgIpc) is 2.42. The van der Waals surface area contributed by atoms with Gasteiger partial charge in [-0.05, 0) is 64.3 Å². The van der Waals surface area contributed by atoms with Crippen LogP contribution in [-0.2, 0) is 0 Å². The van der Waals surface area contributed by atoms with E-state index in [1.54, 1.807) is 0 Å². The molecule has 3 heteroatoms. The highest BCUT2D eigenvalue weighted by atomic mass is 15.2. The standard InChI is InChI=1S/C15H31N3/c1-3-17-11-6-15(7-12-17)16-8-13-18-9-4-14(2)5-10-18/h14-16H,3-13H2,1-2H3.